The van der Waals surface area contributed by atoms with Crippen LogP contribution in [0.15, 0.2) is 6.07 Å². The lowest BCUT2D eigenvalue weighted by atomic mass is 10.1. The highest BCUT2D eigenvalue weighted by molar-refractivity contribution is 5.95. The first-order valence-corrected chi connectivity index (χ1v) is 4.77. The summed E-state index contributed by atoms with van der Waals surface area (Å²) in [5, 5.41) is 9.86. The van der Waals surface area contributed by atoms with Crippen LogP contribution in [0.4, 0.5) is 0 Å². The van der Waals surface area contributed by atoms with Gasteiger partial charge in [-0.1, -0.05) is 0 Å². The molecule has 0 radical (unpaired) electrons. The molecule has 0 aromatic heterocycles. The molecule has 0 unspecified atom stereocenters. The van der Waals surface area contributed by atoms with Gasteiger partial charge in [-0.2, -0.15) is 0 Å². The maximum atomic E-state index is 11.5. The molecular formula is C11H12O7. The topological polar surface area (TPSA) is 91.3 Å². The molecule has 0 fully saturated rings. The normalized spacial score (nSPS) is 9.50. The quantitative estimate of drug-likeness (QED) is 0.613. The minimum absolute atomic E-state index is 0.0537. The van der Waals surface area contributed by atoms with Crippen molar-refractivity contribution in [3.63, 3.8) is 0 Å². The van der Waals surface area contributed by atoms with Gasteiger partial charge in [0.05, 0.1) is 21.3 Å². The van der Waals surface area contributed by atoms with Crippen molar-refractivity contribution in [1.82, 2.24) is 0 Å². The average molecular weight is 256 g/mol. The van der Waals surface area contributed by atoms with Gasteiger partial charge in [0.25, 0.3) is 6.47 Å². The molecule has 7 heteroatoms. The van der Waals surface area contributed by atoms with E-state index in [2.05, 4.69) is 9.47 Å². The van der Waals surface area contributed by atoms with E-state index in [1.165, 1.54) is 20.3 Å². The zero-order valence-corrected chi connectivity index (χ0v) is 10.1. The second kappa shape index (κ2) is 5.76. The van der Waals surface area contributed by atoms with Crippen molar-refractivity contribution in [3.8, 4) is 23.0 Å². The van der Waals surface area contributed by atoms with Gasteiger partial charge in [0, 0.05) is 6.07 Å². The molecule has 7 nitrogen and oxygen atoms in total. The Hall–Kier alpha value is -2.44. The SMILES string of the molecule is COC(=O)c1cc(OC)c(OC)c(O)c1OC=O. The number of phenolic OH excluding ortho intramolecular Hbond substituents is 1. The number of benzene rings is 1. The number of aromatic hydroxyl groups is 1. The summed E-state index contributed by atoms with van der Waals surface area (Å²) in [6.07, 6.45) is 0. The summed E-state index contributed by atoms with van der Waals surface area (Å²) in [5.41, 5.74) is -0.153. The molecule has 1 aromatic rings. The number of carbonyl (C=O) groups is 2. The molecule has 0 heterocycles. The van der Waals surface area contributed by atoms with Gasteiger partial charge in [-0.25, -0.2) is 4.79 Å². The molecule has 98 valence electrons. The van der Waals surface area contributed by atoms with Crippen molar-refractivity contribution < 1.29 is 33.6 Å². The highest BCUT2D eigenvalue weighted by Crippen LogP contribution is 2.45. The fourth-order valence-corrected chi connectivity index (χ4v) is 1.39. The Kier molecular flexibility index (Phi) is 4.36. The Bertz CT molecular complexity index is 467. The molecule has 0 bridgehead atoms. The summed E-state index contributed by atoms with van der Waals surface area (Å²) in [6.45, 7) is 0.0768. The molecule has 0 spiro atoms. The van der Waals surface area contributed by atoms with Crippen molar-refractivity contribution >= 4 is 12.4 Å². The van der Waals surface area contributed by atoms with Crippen LogP contribution in [0.3, 0.4) is 0 Å². The fourth-order valence-electron chi connectivity index (χ4n) is 1.39. The highest BCUT2D eigenvalue weighted by Gasteiger charge is 2.25. The molecule has 0 saturated carbocycles. The molecule has 1 N–H and O–H groups in total. The smallest absolute Gasteiger partial charge is 0.341 e. The maximum absolute atomic E-state index is 11.5. The molecule has 0 aliphatic rings. The number of methoxy groups -OCH3 is 3. The number of hydrogen-bond acceptors (Lipinski definition) is 7. The lowest BCUT2D eigenvalue weighted by Crippen LogP contribution is -2.07. The minimum Gasteiger partial charge on any atom is -0.502 e. The highest BCUT2D eigenvalue weighted by atomic mass is 16.5. The van der Waals surface area contributed by atoms with E-state index in [9.17, 15) is 14.7 Å². The van der Waals surface area contributed by atoms with E-state index in [0.29, 0.717) is 0 Å². The summed E-state index contributed by atoms with van der Waals surface area (Å²) < 4.78 is 18.9. The van der Waals surface area contributed by atoms with Crippen molar-refractivity contribution in [1.29, 1.82) is 0 Å². The van der Waals surface area contributed by atoms with Gasteiger partial charge >= 0.3 is 5.97 Å². The monoisotopic (exact) mass is 256 g/mol. The number of rotatable bonds is 5. The minimum atomic E-state index is -0.789. The molecule has 0 amide bonds. The van der Waals surface area contributed by atoms with E-state index in [-0.39, 0.29) is 29.3 Å². The van der Waals surface area contributed by atoms with Gasteiger partial charge in [-0.15, -0.1) is 0 Å². The molecule has 0 atom stereocenters. The summed E-state index contributed by atoms with van der Waals surface area (Å²) >= 11 is 0. The van der Waals surface area contributed by atoms with Crippen LogP contribution in [0.5, 0.6) is 23.0 Å². The molecule has 1 aromatic carbocycles. The Morgan fingerprint density at radius 1 is 1.22 bits per heavy atom. The van der Waals surface area contributed by atoms with Crippen molar-refractivity contribution in [2.45, 2.75) is 0 Å². The van der Waals surface area contributed by atoms with Crippen LogP contribution in [-0.4, -0.2) is 38.9 Å². The average Bonchev–Trinajstić information content (AvgIpc) is 2.39. The van der Waals surface area contributed by atoms with Crippen LogP contribution in [0.25, 0.3) is 0 Å². The number of esters is 1. The second-order valence-corrected chi connectivity index (χ2v) is 3.04. The number of ether oxygens (including phenoxy) is 4. The zero-order chi connectivity index (χ0) is 13.7. The molecule has 0 aliphatic carbocycles. The predicted molar refractivity (Wildman–Crippen MR) is 59.2 cm³/mol. The van der Waals surface area contributed by atoms with E-state index >= 15 is 0 Å². The first-order valence-electron chi connectivity index (χ1n) is 4.77. The maximum Gasteiger partial charge on any atom is 0.341 e. The summed E-state index contributed by atoms with van der Waals surface area (Å²) in [4.78, 5) is 21.9. The third-order valence-electron chi connectivity index (χ3n) is 2.17. The van der Waals surface area contributed by atoms with E-state index < -0.39 is 11.7 Å². The Morgan fingerprint density at radius 3 is 2.33 bits per heavy atom. The van der Waals surface area contributed by atoms with Crippen LogP contribution < -0.4 is 14.2 Å². The standard InChI is InChI=1S/C11H12O7/c1-15-7-4-6(11(14)17-3)9(18-5-12)8(13)10(7)16-2/h4-5,13H,1-3H3. The van der Waals surface area contributed by atoms with Gasteiger partial charge in [-0.05, 0) is 0 Å². The first kappa shape index (κ1) is 13.6. The summed E-state index contributed by atoms with van der Waals surface area (Å²) in [5.74, 6) is -1.61. The van der Waals surface area contributed by atoms with Crippen molar-refractivity contribution in [3.05, 3.63) is 11.6 Å². The number of carbonyl (C=O) groups excluding carboxylic acids is 2. The fraction of sp³-hybridized carbons (Fsp3) is 0.273. The van der Waals surface area contributed by atoms with Crippen LogP contribution >= 0.6 is 0 Å². The van der Waals surface area contributed by atoms with Crippen LogP contribution in [0.1, 0.15) is 10.4 Å². The molecule has 1 rings (SSSR count). The summed E-state index contributed by atoms with van der Waals surface area (Å²) in [7, 11) is 3.78. The van der Waals surface area contributed by atoms with Crippen LogP contribution in [0.2, 0.25) is 0 Å². The Balaban J connectivity index is 3.53. The third kappa shape index (κ3) is 2.29. The van der Waals surface area contributed by atoms with Crippen LogP contribution in [-0.2, 0) is 9.53 Å². The lowest BCUT2D eigenvalue weighted by molar-refractivity contribution is -0.120. The Morgan fingerprint density at radius 2 is 1.89 bits per heavy atom. The van der Waals surface area contributed by atoms with Gasteiger partial charge in [-0.3, -0.25) is 4.79 Å². The van der Waals surface area contributed by atoms with Gasteiger partial charge < -0.3 is 24.1 Å². The van der Waals surface area contributed by atoms with E-state index in [4.69, 9.17) is 9.47 Å². The predicted octanol–water partition coefficient (Wildman–Crippen LogP) is 0.731. The van der Waals surface area contributed by atoms with Gasteiger partial charge in [0.1, 0.15) is 5.56 Å². The summed E-state index contributed by atoms with van der Waals surface area (Å²) in [6, 6.07) is 1.24. The number of hydrogen-bond donors (Lipinski definition) is 1. The van der Waals surface area contributed by atoms with E-state index in [1.807, 2.05) is 0 Å². The first-order chi connectivity index (χ1) is 8.60. The van der Waals surface area contributed by atoms with Gasteiger partial charge in [0.2, 0.25) is 11.5 Å². The van der Waals surface area contributed by atoms with Crippen LogP contribution in [0, 0.1) is 0 Å². The van der Waals surface area contributed by atoms with Gasteiger partial charge in [0.15, 0.2) is 11.5 Å². The third-order valence-corrected chi connectivity index (χ3v) is 2.17. The van der Waals surface area contributed by atoms with E-state index in [0.717, 1.165) is 7.11 Å². The molecular weight excluding hydrogens is 244 g/mol. The largest absolute Gasteiger partial charge is 0.502 e. The number of phenols is 1. The van der Waals surface area contributed by atoms with Crippen molar-refractivity contribution in [2.24, 2.45) is 0 Å². The second-order valence-electron chi connectivity index (χ2n) is 3.04. The lowest BCUT2D eigenvalue weighted by Gasteiger charge is -2.14. The zero-order valence-electron chi connectivity index (χ0n) is 10.1. The van der Waals surface area contributed by atoms with Crippen molar-refractivity contribution in [2.75, 3.05) is 21.3 Å². The van der Waals surface area contributed by atoms with E-state index in [1.54, 1.807) is 0 Å². The molecule has 18 heavy (non-hydrogen) atoms. The Labute approximate surface area is 103 Å². The molecule has 0 aliphatic heterocycles. The molecule has 0 saturated heterocycles.